The zero-order valence-corrected chi connectivity index (χ0v) is 15.3. The SMILES string of the molecule is COCCN1C(=O)C(O)=C(C(=O)c2ccco2)[C@@H]1c1cccc2ccccc12. The number of rotatable bonds is 6. The minimum atomic E-state index is -0.730. The normalized spacial score (nSPS) is 17.0. The number of benzene rings is 2. The first kappa shape index (κ1) is 18.0. The van der Waals surface area contributed by atoms with Crippen LogP contribution in [0.2, 0.25) is 0 Å². The molecule has 0 bridgehead atoms. The first-order valence-electron chi connectivity index (χ1n) is 8.92. The quantitative estimate of drug-likeness (QED) is 0.663. The molecule has 6 heteroatoms. The van der Waals surface area contributed by atoms with Crippen LogP contribution in [0.4, 0.5) is 0 Å². The molecular formula is C22H19NO5. The predicted molar refractivity (Wildman–Crippen MR) is 103 cm³/mol. The van der Waals surface area contributed by atoms with Gasteiger partial charge in [-0.05, 0) is 28.5 Å². The summed E-state index contributed by atoms with van der Waals surface area (Å²) in [6, 6.07) is 15.8. The number of amides is 1. The van der Waals surface area contributed by atoms with E-state index in [1.54, 1.807) is 6.07 Å². The molecule has 0 aliphatic carbocycles. The maximum atomic E-state index is 13.1. The summed E-state index contributed by atoms with van der Waals surface area (Å²) in [5.41, 5.74) is 0.786. The van der Waals surface area contributed by atoms with Gasteiger partial charge in [-0.1, -0.05) is 42.5 Å². The average molecular weight is 377 g/mol. The topological polar surface area (TPSA) is 80.0 Å². The van der Waals surface area contributed by atoms with Gasteiger partial charge < -0.3 is 19.2 Å². The number of ketones is 1. The molecule has 0 saturated carbocycles. The number of carbonyl (C=O) groups is 2. The zero-order valence-electron chi connectivity index (χ0n) is 15.3. The van der Waals surface area contributed by atoms with Gasteiger partial charge in [-0.2, -0.15) is 0 Å². The van der Waals surface area contributed by atoms with Crippen LogP contribution in [0, 0.1) is 0 Å². The molecule has 142 valence electrons. The first-order valence-corrected chi connectivity index (χ1v) is 8.92. The van der Waals surface area contributed by atoms with Crippen molar-refractivity contribution in [3.05, 3.63) is 83.5 Å². The summed E-state index contributed by atoms with van der Waals surface area (Å²) in [6.07, 6.45) is 1.39. The molecule has 0 fully saturated rings. The van der Waals surface area contributed by atoms with E-state index in [-0.39, 0.29) is 24.5 Å². The third-order valence-electron chi connectivity index (χ3n) is 4.95. The lowest BCUT2D eigenvalue weighted by Gasteiger charge is -2.27. The molecule has 0 unspecified atom stereocenters. The third kappa shape index (κ3) is 2.88. The van der Waals surface area contributed by atoms with Gasteiger partial charge in [0.15, 0.2) is 11.5 Å². The summed E-state index contributed by atoms with van der Waals surface area (Å²) in [4.78, 5) is 27.3. The van der Waals surface area contributed by atoms with Crippen LogP contribution >= 0.6 is 0 Å². The second-order valence-electron chi connectivity index (χ2n) is 6.53. The Kier molecular flexibility index (Phi) is 4.71. The monoisotopic (exact) mass is 377 g/mol. The molecular weight excluding hydrogens is 358 g/mol. The summed E-state index contributed by atoms with van der Waals surface area (Å²) in [5.74, 6) is -1.57. The minimum Gasteiger partial charge on any atom is -0.503 e. The second-order valence-corrected chi connectivity index (χ2v) is 6.53. The fourth-order valence-corrected chi connectivity index (χ4v) is 3.66. The summed E-state index contributed by atoms with van der Waals surface area (Å²) < 4.78 is 10.4. The van der Waals surface area contributed by atoms with Crippen molar-refractivity contribution in [2.45, 2.75) is 6.04 Å². The van der Waals surface area contributed by atoms with Gasteiger partial charge in [-0.3, -0.25) is 9.59 Å². The Hall–Kier alpha value is -3.38. The third-order valence-corrected chi connectivity index (χ3v) is 4.95. The van der Waals surface area contributed by atoms with E-state index < -0.39 is 23.5 Å². The number of ether oxygens (including phenoxy) is 1. The number of aliphatic hydroxyl groups excluding tert-OH is 1. The molecule has 6 nitrogen and oxygen atoms in total. The highest BCUT2D eigenvalue weighted by Crippen LogP contribution is 2.41. The zero-order chi connectivity index (χ0) is 19.7. The minimum absolute atomic E-state index is 0.0207. The van der Waals surface area contributed by atoms with Gasteiger partial charge in [0, 0.05) is 13.7 Å². The van der Waals surface area contributed by atoms with E-state index in [9.17, 15) is 14.7 Å². The Balaban J connectivity index is 1.90. The van der Waals surface area contributed by atoms with Gasteiger partial charge in [-0.25, -0.2) is 0 Å². The number of aliphatic hydroxyl groups is 1. The molecule has 3 aromatic rings. The van der Waals surface area contributed by atoms with Crippen molar-refractivity contribution < 1.29 is 23.8 Å². The predicted octanol–water partition coefficient (Wildman–Crippen LogP) is 3.66. The van der Waals surface area contributed by atoms with Crippen LogP contribution in [-0.4, -0.2) is 42.0 Å². The van der Waals surface area contributed by atoms with Crippen molar-refractivity contribution >= 4 is 22.5 Å². The standard InChI is InChI=1S/C22H19NO5/c1-27-13-11-23-19(16-9-4-7-14-6-2-3-8-15(14)16)18(21(25)22(23)26)20(24)17-10-5-12-28-17/h2-10,12,19,25H,11,13H2,1H3/t19-/m0/s1. The van der Waals surface area contributed by atoms with Gasteiger partial charge in [0.1, 0.15) is 0 Å². The number of fused-ring (bicyclic) bond motifs is 1. The Morgan fingerprint density at radius 3 is 2.68 bits per heavy atom. The van der Waals surface area contributed by atoms with E-state index in [1.165, 1.54) is 24.3 Å². The molecule has 2 heterocycles. The smallest absolute Gasteiger partial charge is 0.290 e. The lowest BCUT2D eigenvalue weighted by molar-refractivity contribution is -0.130. The summed E-state index contributed by atoms with van der Waals surface area (Å²) in [7, 11) is 1.54. The molecule has 1 N–H and O–H groups in total. The molecule has 0 spiro atoms. The van der Waals surface area contributed by atoms with Crippen molar-refractivity contribution in [3.8, 4) is 0 Å². The van der Waals surface area contributed by atoms with E-state index >= 15 is 0 Å². The Morgan fingerprint density at radius 2 is 1.93 bits per heavy atom. The van der Waals surface area contributed by atoms with Gasteiger partial charge in [-0.15, -0.1) is 0 Å². The van der Waals surface area contributed by atoms with Crippen LogP contribution in [-0.2, 0) is 9.53 Å². The van der Waals surface area contributed by atoms with Crippen molar-refractivity contribution in [2.75, 3.05) is 20.3 Å². The van der Waals surface area contributed by atoms with Crippen LogP contribution in [0.1, 0.15) is 22.2 Å². The van der Waals surface area contributed by atoms with Crippen LogP contribution in [0.5, 0.6) is 0 Å². The lowest BCUT2D eigenvalue weighted by atomic mass is 9.91. The van der Waals surface area contributed by atoms with E-state index in [4.69, 9.17) is 9.15 Å². The number of Topliss-reactive ketones (excluding diaryl/α,β-unsaturated/α-hetero) is 1. The number of methoxy groups -OCH3 is 1. The van der Waals surface area contributed by atoms with Crippen molar-refractivity contribution in [1.82, 2.24) is 4.90 Å². The Bertz CT molecular complexity index is 1060. The van der Waals surface area contributed by atoms with Gasteiger partial charge >= 0.3 is 0 Å². The molecule has 1 aromatic heterocycles. The Morgan fingerprint density at radius 1 is 1.14 bits per heavy atom. The number of hydrogen-bond donors (Lipinski definition) is 1. The fourth-order valence-electron chi connectivity index (χ4n) is 3.66. The molecule has 1 aliphatic heterocycles. The Labute approximate surface area is 161 Å². The molecule has 0 saturated heterocycles. The summed E-state index contributed by atoms with van der Waals surface area (Å²) in [5, 5.41) is 12.5. The fraction of sp³-hybridized carbons (Fsp3) is 0.182. The lowest BCUT2D eigenvalue weighted by Crippen LogP contribution is -2.34. The number of hydrogen-bond acceptors (Lipinski definition) is 5. The van der Waals surface area contributed by atoms with Crippen LogP contribution in [0.25, 0.3) is 10.8 Å². The highest BCUT2D eigenvalue weighted by molar-refractivity contribution is 6.15. The van der Waals surface area contributed by atoms with E-state index in [0.29, 0.717) is 0 Å². The summed E-state index contributed by atoms with van der Waals surface area (Å²) >= 11 is 0. The van der Waals surface area contributed by atoms with Crippen molar-refractivity contribution in [3.63, 3.8) is 0 Å². The van der Waals surface area contributed by atoms with Gasteiger partial charge in [0.25, 0.3) is 5.91 Å². The molecule has 0 radical (unpaired) electrons. The van der Waals surface area contributed by atoms with Crippen LogP contribution < -0.4 is 0 Å². The second kappa shape index (κ2) is 7.32. The average Bonchev–Trinajstić information content (AvgIpc) is 3.34. The highest BCUT2D eigenvalue weighted by Gasteiger charge is 2.44. The molecule has 1 aliphatic rings. The number of nitrogens with zero attached hydrogens (tertiary/aromatic N) is 1. The van der Waals surface area contributed by atoms with E-state index in [2.05, 4.69) is 0 Å². The maximum Gasteiger partial charge on any atom is 0.290 e. The number of furan rings is 1. The van der Waals surface area contributed by atoms with Crippen LogP contribution in [0.15, 0.2) is 76.6 Å². The molecule has 1 atom stereocenters. The van der Waals surface area contributed by atoms with Gasteiger partial charge in [0.05, 0.1) is 24.5 Å². The highest BCUT2D eigenvalue weighted by atomic mass is 16.5. The summed E-state index contributed by atoms with van der Waals surface area (Å²) in [6.45, 7) is 0.519. The molecule has 28 heavy (non-hydrogen) atoms. The van der Waals surface area contributed by atoms with E-state index in [0.717, 1.165) is 16.3 Å². The van der Waals surface area contributed by atoms with Crippen LogP contribution in [0.3, 0.4) is 0 Å². The first-order chi connectivity index (χ1) is 13.6. The molecule has 1 amide bonds. The van der Waals surface area contributed by atoms with Crippen molar-refractivity contribution in [1.29, 1.82) is 0 Å². The molecule has 2 aromatic carbocycles. The number of carbonyl (C=O) groups excluding carboxylic acids is 2. The van der Waals surface area contributed by atoms with E-state index in [1.807, 2.05) is 42.5 Å². The van der Waals surface area contributed by atoms with Crippen molar-refractivity contribution in [2.24, 2.45) is 0 Å². The largest absolute Gasteiger partial charge is 0.503 e. The van der Waals surface area contributed by atoms with Gasteiger partial charge in [0.2, 0.25) is 5.78 Å². The molecule has 4 rings (SSSR count). The maximum absolute atomic E-state index is 13.1.